The Kier molecular flexibility index (Phi) is 5.56. The van der Waals surface area contributed by atoms with E-state index in [9.17, 15) is 0 Å². The van der Waals surface area contributed by atoms with Gasteiger partial charge in [0.05, 0.1) is 0 Å². The highest BCUT2D eigenvalue weighted by molar-refractivity contribution is 6.29. The smallest absolute Gasteiger partial charge is 0.154 e. The molecular weight excluding hydrogens is 286 g/mol. The van der Waals surface area contributed by atoms with Gasteiger partial charge in [0.2, 0.25) is 0 Å². The van der Waals surface area contributed by atoms with Crippen LogP contribution in [0.3, 0.4) is 0 Å². The van der Waals surface area contributed by atoms with E-state index in [1.807, 2.05) is 24.3 Å². The van der Waals surface area contributed by atoms with Gasteiger partial charge in [-0.15, -0.1) is 10.2 Å². The Hall–Kier alpha value is -2.09. The third-order valence-corrected chi connectivity index (χ3v) is 3.12. The molecule has 0 spiro atoms. The van der Waals surface area contributed by atoms with E-state index in [4.69, 9.17) is 22.4 Å². The Labute approximate surface area is 129 Å². The predicted molar refractivity (Wildman–Crippen MR) is 84.7 cm³/mol. The van der Waals surface area contributed by atoms with Crippen LogP contribution in [0.1, 0.15) is 24.8 Å². The Morgan fingerprint density at radius 2 is 1.90 bits per heavy atom. The monoisotopic (exact) mass is 301 g/mol. The van der Waals surface area contributed by atoms with Crippen LogP contribution in [0.25, 0.3) is 11.1 Å². The van der Waals surface area contributed by atoms with Crippen molar-refractivity contribution in [3.8, 4) is 23.0 Å². The second-order valence-electron chi connectivity index (χ2n) is 4.53. The molecule has 0 bridgehead atoms. The van der Waals surface area contributed by atoms with Crippen molar-refractivity contribution < 1.29 is 5.11 Å². The van der Waals surface area contributed by atoms with E-state index in [2.05, 4.69) is 22.0 Å². The number of aliphatic hydroxyl groups is 1. The highest BCUT2D eigenvalue weighted by Gasteiger charge is 2.05. The van der Waals surface area contributed by atoms with Crippen molar-refractivity contribution in [2.75, 3.05) is 12.3 Å². The molecule has 0 aliphatic rings. The maximum absolute atomic E-state index is 8.69. The highest BCUT2D eigenvalue weighted by Crippen LogP contribution is 2.25. The molecule has 1 aromatic heterocycles. The van der Waals surface area contributed by atoms with E-state index in [1.165, 1.54) is 0 Å². The maximum atomic E-state index is 8.69. The first kappa shape index (κ1) is 15.3. The summed E-state index contributed by atoms with van der Waals surface area (Å²) in [6, 6.07) is 9.42. The summed E-state index contributed by atoms with van der Waals surface area (Å²) in [6.07, 6.45) is 2.50. The van der Waals surface area contributed by atoms with E-state index < -0.39 is 0 Å². The van der Waals surface area contributed by atoms with Gasteiger partial charge in [0.1, 0.15) is 0 Å². The Morgan fingerprint density at radius 3 is 2.62 bits per heavy atom. The molecule has 1 heterocycles. The minimum Gasteiger partial charge on any atom is -0.396 e. The number of hydrogen-bond donors (Lipinski definition) is 2. The molecule has 0 aliphatic heterocycles. The number of rotatable bonds is 4. The standard InChI is InChI=1S/C16H16ClN3O/c17-15-11-14(16(18)20-19-15)13-8-6-12(7-9-13)5-3-1-2-4-10-21/h6-9,11,21H,1-2,4,10H2,(H2,18,20). The molecular formula is C16H16ClN3O. The van der Waals surface area contributed by atoms with E-state index in [0.29, 0.717) is 11.0 Å². The van der Waals surface area contributed by atoms with E-state index in [1.54, 1.807) is 6.07 Å². The molecule has 2 aromatic rings. The van der Waals surface area contributed by atoms with Crippen molar-refractivity contribution in [1.82, 2.24) is 10.2 Å². The van der Waals surface area contributed by atoms with E-state index in [0.717, 1.165) is 36.0 Å². The van der Waals surface area contributed by atoms with Gasteiger partial charge in [0, 0.05) is 24.2 Å². The Balaban J connectivity index is 2.10. The number of hydrogen-bond acceptors (Lipinski definition) is 4. The molecule has 0 atom stereocenters. The Bertz CT molecular complexity index is 659. The minimum atomic E-state index is 0.223. The van der Waals surface area contributed by atoms with Gasteiger partial charge in [-0.25, -0.2) is 0 Å². The highest BCUT2D eigenvalue weighted by atomic mass is 35.5. The van der Waals surface area contributed by atoms with E-state index in [-0.39, 0.29) is 6.61 Å². The van der Waals surface area contributed by atoms with Crippen molar-refractivity contribution in [2.45, 2.75) is 19.3 Å². The number of unbranched alkanes of at least 4 members (excludes halogenated alkanes) is 2. The number of nitrogens with two attached hydrogens (primary N) is 1. The maximum Gasteiger partial charge on any atom is 0.154 e. The lowest BCUT2D eigenvalue weighted by Gasteiger charge is -2.04. The summed E-state index contributed by atoms with van der Waals surface area (Å²) >= 11 is 5.84. The largest absolute Gasteiger partial charge is 0.396 e. The summed E-state index contributed by atoms with van der Waals surface area (Å²) < 4.78 is 0. The summed E-state index contributed by atoms with van der Waals surface area (Å²) in [5.41, 5.74) is 8.43. The van der Waals surface area contributed by atoms with Gasteiger partial charge in [-0.2, -0.15) is 0 Å². The topological polar surface area (TPSA) is 72.0 Å². The molecule has 0 saturated heterocycles. The lowest BCUT2D eigenvalue weighted by Crippen LogP contribution is -1.96. The Morgan fingerprint density at radius 1 is 1.14 bits per heavy atom. The van der Waals surface area contributed by atoms with Crippen LogP contribution in [0.2, 0.25) is 5.15 Å². The third-order valence-electron chi connectivity index (χ3n) is 2.93. The van der Waals surface area contributed by atoms with Crippen LogP contribution in [0, 0.1) is 11.8 Å². The molecule has 0 saturated carbocycles. The molecule has 1 aromatic carbocycles. The zero-order valence-electron chi connectivity index (χ0n) is 11.5. The zero-order chi connectivity index (χ0) is 15.1. The first-order valence-corrected chi connectivity index (χ1v) is 7.07. The number of benzene rings is 1. The van der Waals surface area contributed by atoms with Crippen molar-refractivity contribution >= 4 is 17.4 Å². The second-order valence-corrected chi connectivity index (χ2v) is 4.91. The lowest BCUT2D eigenvalue weighted by atomic mass is 10.1. The molecule has 108 valence electrons. The van der Waals surface area contributed by atoms with Crippen molar-refractivity contribution in [3.05, 3.63) is 41.0 Å². The molecule has 3 N–H and O–H groups in total. The van der Waals surface area contributed by atoms with Gasteiger partial charge in [0.25, 0.3) is 0 Å². The van der Waals surface area contributed by atoms with Crippen LogP contribution in [0.15, 0.2) is 30.3 Å². The van der Waals surface area contributed by atoms with Crippen LogP contribution in [0.5, 0.6) is 0 Å². The van der Waals surface area contributed by atoms with Gasteiger partial charge >= 0.3 is 0 Å². The average Bonchev–Trinajstić information content (AvgIpc) is 2.50. The van der Waals surface area contributed by atoms with Gasteiger partial charge in [-0.3, -0.25) is 0 Å². The molecule has 0 aliphatic carbocycles. The van der Waals surface area contributed by atoms with Crippen molar-refractivity contribution in [1.29, 1.82) is 0 Å². The first-order chi connectivity index (χ1) is 10.2. The van der Waals surface area contributed by atoms with Crippen LogP contribution < -0.4 is 5.73 Å². The van der Waals surface area contributed by atoms with Gasteiger partial charge in [-0.1, -0.05) is 35.6 Å². The van der Waals surface area contributed by atoms with Crippen LogP contribution >= 0.6 is 11.6 Å². The van der Waals surface area contributed by atoms with Crippen molar-refractivity contribution in [2.24, 2.45) is 0 Å². The fraction of sp³-hybridized carbons (Fsp3) is 0.250. The number of anilines is 1. The molecule has 0 radical (unpaired) electrons. The second kappa shape index (κ2) is 7.63. The minimum absolute atomic E-state index is 0.223. The fourth-order valence-corrected chi connectivity index (χ4v) is 1.98. The average molecular weight is 302 g/mol. The van der Waals surface area contributed by atoms with Gasteiger partial charge in [-0.05, 0) is 36.6 Å². The molecule has 0 fully saturated rings. The summed E-state index contributed by atoms with van der Waals surface area (Å²) in [4.78, 5) is 0. The molecule has 2 rings (SSSR count). The van der Waals surface area contributed by atoms with Crippen molar-refractivity contribution in [3.63, 3.8) is 0 Å². The first-order valence-electron chi connectivity index (χ1n) is 6.69. The van der Waals surface area contributed by atoms with Gasteiger partial charge < -0.3 is 10.8 Å². The molecule has 5 heteroatoms. The van der Waals surface area contributed by atoms with E-state index >= 15 is 0 Å². The molecule has 0 amide bonds. The number of nitrogen functional groups attached to an aromatic ring is 1. The summed E-state index contributed by atoms with van der Waals surface area (Å²) in [7, 11) is 0. The van der Waals surface area contributed by atoms with Crippen LogP contribution in [0.4, 0.5) is 5.82 Å². The fourth-order valence-electron chi connectivity index (χ4n) is 1.83. The zero-order valence-corrected chi connectivity index (χ0v) is 12.3. The number of aliphatic hydroxyl groups excluding tert-OH is 1. The predicted octanol–water partition coefficient (Wildman–Crippen LogP) is 2.89. The molecule has 21 heavy (non-hydrogen) atoms. The number of halogens is 1. The molecule has 0 unspecified atom stereocenters. The SMILES string of the molecule is Nc1nnc(Cl)cc1-c1ccc(C#CCCCCO)cc1. The summed E-state index contributed by atoms with van der Waals surface area (Å²) in [5, 5.41) is 16.5. The summed E-state index contributed by atoms with van der Waals surface area (Å²) in [6.45, 7) is 0.223. The van der Waals surface area contributed by atoms with Gasteiger partial charge in [0.15, 0.2) is 11.0 Å². The normalized spacial score (nSPS) is 10.0. The van der Waals surface area contributed by atoms with Crippen LogP contribution in [-0.4, -0.2) is 21.9 Å². The third kappa shape index (κ3) is 4.45. The molecule has 4 nitrogen and oxygen atoms in total. The van der Waals surface area contributed by atoms with Crippen LogP contribution in [-0.2, 0) is 0 Å². The number of nitrogens with zero attached hydrogens (tertiary/aromatic N) is 2. The number of aromatic nitrogens is 2. The lowest BCUT2D eigenvalue weighted by molar-refractivity contribution is 0.285. The summed E-state index contributed by atoms with van der Waals surface area (Å²) in [5.74, 6) is 6.53. The quantitative estimate of drug-likeness (QED) is 0.673.